The van der Waals surface area contributed by atoms with Crippen molar-refractivity contribution in [3.63, 3.8) is 0 Å². The van der Waals surface area contributed by atoms with Gasteiger partial charge in [-0.3, -0.25) is 9.59 Å². The lowest BCUT2D eigenvalue weighted by molar-refractivity contribution is -0.116. The van der Waals surface area contributed by atoms with Crippen LogP contribution in [0.25, 0.3) is 0 Å². The first-order valence-corrected chi connectivity index (χ1v) is 10.5. The summed E-state index contributed by atoms with van der Waals surface area (Å²) < 4.78 is 33.7. The van der Waals surface area contributed by atoms with Gasteiger partial charge in [0, 0.05) is 25.4 Å². The van der Waals surface area contributed by atoms with Crippen LogP contribution in [0.5, 0.6) is 5.75 Å². The maximum absolute atomic E-state index is 12.9. The molecule has 1 fully saturated rings. The van der Waals surface area contributed by atoms with Crippen LogP contribution in [0, 0.1) is 0 Å². The summed E-state index contributed by atoms with van der Waals surface area (Å²) in [7, 11) is -2.20. The summed E-state index contributed by atoms with van der Waals surface area (Å²) in [5.74, 6) is -0.120. The van der Waals surface area contributed by atoms with Crippen molar-refractivity contribution in [3.05, 3.63) is 52.9 Å². The van der Waals surface area contributed by atoms with Crippen LogP contribution in [0.4, 0.5) is 5.69 Å². The van der Waals surface area contributed by atoms with E-state index < -0.39 is 15.9 Å². The molecule has 9 heteroatoms. The zero-order chi connectivity index (χ0) is 20.1. The standard InChI is InChI=1S/C19H23N3O5S/c1-27-17-9-8-15(28(25,26)22-11-4-2-5-12-22)13-16(17)20-18(23)14-21-10-6-3-7-19(21)24/h3,6-10,13H,2,4-5,11-12,14H2,1H3,(H,20,23). The molecule has 3 rings (SSSR count). The first-order chi connectivity index (χ1) is 13.4. The molecule has 1 saturated heterocycles. The van der Waals surface area contributed by atoms with Gasteiger partial charge in [-0.2, -0.15) is 4.31 Å². The number of ether oxygens (including phenoxy) is 1. The monoisotopic (exact) mass is 405 g/mol. The second-order valence-corrected chi connectivity index (χ2v) is 8.48. The molecule has 0 saturated carbocycles. The van der Waals surface area contributed by atoms with Gasteiger partial charge < -0.3 is 14.6 Å². The number of rotatable bonds is 6. The highest BCUT2D eigenvalue weighted by atomic mass is 32.2. The molecule has 1 aromatic carbocycles. The third kappa shape index (κ3) is 4.42. The molecule has 2 heterocycles. The molecular weight excluding hydrogens is 382 g/mol. The van der Waals surface area contributed by atoms with E-state index in [9.17, 15) is 18.0 Å². The molecule has 2 aromatic rings. The highest BCUT2D eigenvalue weighted by Gasteiger charge is 2.27. The third-order valence-electron chi connectivity index (χ3n) is 4.61. The Morgan fingerprint density at radius 1 is 1.14 bits per heavy atom. The predicted molar refractivity (Wildman–Crippen MR) is 105 cm³/mol. The molecule has 0 radical (unpaired) electrons. The summed E-state index contributed by atoms with van der Waals surface area (Å²) >= 11 is 0. The zero-order valence-electron chi connectivity index (χ0n) is 15.6. The van der Waals surface area contributed by atoms with Gasteiger partial charge in [0.1, 0.15) is 12.3 Å². The molecule has 1 aromatic heterocycles. The summed E-state index contributed by atoms with van der Waals surface area (Å²) in [5.41, 5.74) is -0.0550. The number of benzene rings is 1. The summed E-state index contributed by atoms with van der Waals surface area (Å²) in [6.07, 6.45) is 4.21. The maximum atomic E-state index is 12.9. The van der Waals surface area contributed by atoms with Crippen LogP contribution in [-0.2, 0) is 21.4 Å². The molecule has 28 heavy (non-hydrogen) atoms. The van der Waals surface area contributed by atoms with Crippen LogP contribution >= 0.6 is 0 Å². The van der Waals surface area contributed by atoms with Crippen molar-refractivity contribution >= 4 is 21.6 Å². The largest absolute Gasteiger partial charge is 0.495 e. The molecule has 1 amide bonds. The molecule has 0 atom stereocenters. The minimum Gasteiger partial charge on any atom is -0.495 e. The maximum Gasteiger partial charge on any atom is 0.250 e. The number of nitrogens with one attached hydrogen (secondary N) is 1. The number of anilines is 1. The minimum atomic E-state index is -3.64. The van der Waals surface area contributed by atoms with E-state index in [0.717, 1.165) is 19.3 Å². The number of nitrogens with zero attached hydrogens (tertiary/aromatic N) is 2. The number of pyridine rings is 1. The van der Waals surface area contributed by atoms with Gasteiger partial charge in [-0.15, -0.1) is 0 Å². The Morgan fingerprint density at radius 2 is 1.89 bits per heavy atom. The Bertz CT molecular complexity index is 1010. The smallest absolute Gasteiger partial charge is 0.250 e. The van der Waals surface area contributed by atoms with Crippen molar-refractivity contribution in [2.45, 2.75) is 30.7 Å². The van der Waals surface area contributed by atoms with Gasteiger partial charge in [-0.05, 0) is 37.1 Å². The lowest BCUT2D eigenvalue weighted by Crippen LogP contribution is -2.35. The SMILES string of the molecule is COc1ccc(S(=O)(=O)N2CCCCC2)cc1NC(=O)Cn1ccccc1=O. The van der Waals surface area contributed by atoms with Crippen LogP contribution in [0.3, 0.4) is 0 Å². The number of carbonyl (C=O) groups excluding carboxylic acids is 1. The van der Waals surface area contributed by atoms with E-state index in [1.54, 1.807) is 12.1 Å². The number of hydrogen-bond donors (Lipinski definition) is 1. The summed E-state index contributed by atoms with van der Waals surface area (Å²) in [4.78, 5) is 24.2. The second kappa shape index (κ2) is 8.57. The number of piperidine rings is 1. The average Bonchev–Trinajstić information content (AvgIpc) is 2.70. The molecule has 1 aliphatic heterocycles. The van der Waals surface area contributed by atoms with Crippen LogP contribution in [0.15, 0.2) is 52.3 Å². The Balaban J connectivity index is 1.84. The normalized spacial score (nSPS) is 15.2. The van der Waals surface area contributed by atoms with Gasteiger partial charge >= 0.3 is 0 Å². The van der Waals surface area contributed by atoms with E-state index in [1.165, 1.54) is 46.4 Å². The first-order valence-electron chi connectivity index (χ1n) is 9.05. The van der Waals surface area contributed by atoms with Gasteiger partial charge in [0.15, 0.2) is 0 Å². The molecule has 0 spiro atoms. The highest BCUT2D eigenvalue weighted by molar-refractivity contribution is 7.89. The van der Waals surface area contributed by atoms with E-state index in [-0.39, 0.29) is 22.7 Å². The predicted octanol–water partition coefficient (Wildman–Crippen LogP) is 1.67. The van der Waals surface area contributed by atoms with E-state index in [4.69, 9.17) is 4.74 Å². The van der Waals surface area contributed by atoms with Crippen molar-refractivity contribution in [2.75, 3.05) is 25.5 Å². The Kier molecular flexibility index (Phi) is 6.15. The first kappa shape index (κ1) is 20.1. The fraction of sp³-hybridized carbons (Fsp3) is 0.368. The molecule has 0 unspecified atom stereocenters. The number of aromatic nitrogens is 1. The number of sulfonamides is 1. The van der Waals surface area contributed by atoms with E-state index in [2.05, 4.69) is 5.32 Å². The summed E-state index contributed by atoms with van der Waals surface area (Å²) in [6, 6.07) is 8.99. The van der Waals surface area contributed by atoms with E-state index in [0.29, 0.717) is 18.8 Å². The number of hydrogen-bond acceptors (Lipinski definition) is 5. The fourth-order valence-electron chi connectivity index (χ4n) is 3.14. The summed E-state index contributed by atoms with van der Waals surface area (Å²) in [5, 5.41) is 2.65. The molecule has 0 aliphatic carbocycles. The van der Waals surface area contributed by atoms with Gasteiger partial charge in [0.05, 0.1) is 17.7 Å². The third-order valence-corrected chi connectivity index (χ3v) is 6.51. The van der Waals surface area contributed by atoms with Crippen molar-refractivity contribution in [1.29, 1.82) is 0 Å². The number of carbonyl (C=O) groups is 1. The van der Waals surface area contributed by atoms with Crippen LogP contribution in [0.1, 0.15) is 19.3 Å². The molecule has 0 bridgehead atoms. The molecule has 1 N–H and O–H groups in total. The second-order valence-electron chi connectivity index (χ2n) is 6.54. The number of amides is 1. The molecule has 1 aliphatic rings. The van der Waals surface area contributed by atoms with E-state index >= 15 is 0 Å². The van der Waals surface area contributed by atoms with Gasteiger partial charge in [0.2, 0.25) is 15.9 Å². The average molecular weight is 405 g/mol. The Hall–Kier alpha value is -2.65. The van der Waals surface area contributed by atoms with Gasteiger partial charge in [-0.25, -0.2) is 8.42 Å². The molecule has 150 valence electrons. The molecular formula is C19H23N3O5S. The molecule has 8 nitrogen and oxygen atoms in total. The van der Waals surface area contributed by atoms with Crippen molar-refractivity contribution < 1.29 is 17.9 Å². The lowest BCUT2D eigenvalue weighted by atomic mass is 10.2. The van der Waals surface area contributed by atoms with Crippen molar-refractivity contribution in [2.24, 2.45) is 0 Å². The number of methoxy groups -OCH3 is 1. The van der Waals surface area contributed by atoms with Crippen molar-refractivity contribution in [1.82, 2.24) is 8.87 Å². The van der Waals surface area contributed by atoms with Crippen LogP contribution in [-0.4, -0.2) is 43.4 Å². The van der Waals surface area contributed by atoms with Crippen LogP contribution < -0.4 is 15.6 Å². The van der Waals surface area contributed by atoms with Crippen LogP contribution in [0.2, 0.25) is 0 Å². The topological polar surface area (TPSA) is 97.7 Å². The lowest BCUT2D eigenvalue weighted by Gasteiger charge is -2.26. The summed E-state index contributed by atoms with van der Waals surface area (Å²) in [6.45, 7) is 0.798. The fourth-order valence-corrected chi connectivity index (χ4v) is 4.68. The Labute approximate surface area is 163 Å². The minimum absolute atomic E-state index is 0.0994. The van der Waals surface area contributed by atoms with E-state index in [1.807, 2.05) is 0 Å². The van der Waals surface area contributed by atoms with Crippen molar-refractivity contribution in [3.8, 4) is 5.75 Å². The van der Waals surface area contributed by atoms with Gasteiger partial charge in [-0.1, -0.05) is 12.5 Å². The highest BCUT2D eigenvalue weighted by Crippen LogP contribution is 2.30. The quantitative estimate of drug-likeness (QED) is 0.788. The zero-order valence-corrected chi connectivity index (χ0v) is 16.4. The van der Waals surface area contributed by atoms with Gasteiger partial charge in [0.25, 0.3) is 5.56 Å². The Morgan fingerprint density at radius 3 is 2.57 bits per heavy atom.